The van der Waals surface area contributed by atoms with E-state index in [0.29, 0.717) is 0 Å². The summed E-state index contributed by atoms with van der Waals surface area (Å²) >= 11 is 0. The van der Waals surface area contributed by atoms with Crippen molar-refractivity contribution >= 4 is 54.3 Å². The van der Waals surface area contributed by atoms with Crippen molar-refractivity contribution in [3.63, 3.8) is 0 Å². The van der Waals surface area contributed by atoms with Gasteiger partial charge in [-0.3, -0.25) is 0 Å². The minimum Gasteiger partial charge on any atom is -0.455 e. The molecule has 0 aliphatic rings. The first-order valence-electron chi connectivity index (χ1n) is 16.8. The van der Waals surface area contributed by atoms with Crippen LogP contribution in [0.2, 0.25) is 0 Å². The normalized spacial score (nSPS) is 11.9. The van der Waals surface area contributed by atoms with E-state index >= 15 is 0 Å². The topological polar surface area (TPSA) is 13.1 Å². The molecule has 0 radical (unpaired) electrons. The molecule has 47 heavy (non-hydrogen) atoms. The maximum atomic E-state index is 6.59. The van der Waals surface area contributed by atoms with E-state index in [2.05, 4.69) is 154 Å². The van der Waals surface area contributed by atoms with Crippen LogP contribution in [0.4, 0.5) is 0 Å². The summed E-state index contributed by atoms with van der Waals surface area (Å²) in [5.74, 6) is 0. The maximum Gasteiger partial charge on any atom is 0.143 e. The second kappa shape index (κ2) is 11.1. The summed E-state index contributed by atoms with van der Waals surface area (Å²) in [5, 5.41) is 10.1. The first kappa shape index (κ1) is 29.0. The predicted octanol–water partition coefficient (Wildman–Crippen LogP) is 13.8. The van der Waals surface area contributed by atoms with Crippen LogP contribution in [-0.4, -0.2) is 0 Å². The molecular weight excluding hydrogens is 569 g/mol. The van der Waals surface area contributed by atoms with Crippen LogP contribution in [0.15, 0.2) is 144 Å². The highest BCUT2D eigenvalue weighted by Crippen LogP contribution is 2.47. The van der Waals surface area contributed by atoms with Gasteiger partial charge in [0.25, 0.3) is 0 Å². The number of hydrogen-bond donors (Lipinski definition) is 0. The number of rotatable bonds is 3. The SMILES string of the molecule is CC.CC(C)(C)c1cc2ccc3c(-c4ccc(-c5ccccc5)cc4)cc(-c4cccc5c4oc4ccccc45)c4ccc(c1)c2c34. The van der Waals surface area contributed by atoms with Gasteiger partial charge in [-0.25, -0.2) is 0 Å². The molecule has 0 spiro atoms. The lowest BCUT2D eigenvalue weighted by Gasteiger charge is -2.23. The molecule has 9 aromatic rings. The molecule has 1 nitrogen and oxygen atoms in total. The van der Waals surface area contributed by atoms with E-state index in [1.54, 1.807) is 0 Å². The Morgan fingerprint density at radius 3 is 1.72 bits per heavy atom. The Labute approximate surface area is 276 Å². The third-order valence-electron chi connectivity index (χ3n) is 9.58. The van der Waals surface area contributed by atoms with E-state index in [1.165, 1.54) is 65.7 Å². The Kier molecular flexibility index (Phi) is 6.88. The molecule has 1 aromatic heterocycles. The zero-order chi connectivity index (χ0) is 32.3. The zero-order valence-corrected chi connectivity index (χ0v) is 27.7. The fraction of sp³-hybridized carbons (Fsp3) is 0.130. The number of benzene rings is 8. The molecule has 0 N–H and O–H groups in total. The molecule has 228 valence electrons. The number of hydrogen-bond acceptors (Lipinski definition) is 1. The van der Waals surface area contributed by atoms with Crippen molar-refractivity contribution in [2.45, 2.75) is 40.0 Å². The van der Waals surface area contributed by atoms with Crippen molar-refractivity contribution < 1.29 is 4.42 Å². The van der Waals surface area contributed by atoms with Gasteiger partial charge < -0.3 is 4.42 Å². The largest absolute Gasteiger partial charge is 0.455 e. The molecule has 8 aromatic carbocycles. The minimum absolute atomic E-state index is 0.0677. The maximum absolute atomic E-state index is 6.59. The van der Waals surface area contributed by atoms with E-state index in [-0.39, 0.29) is 5.41 Å². The summed E-state index contributed by atoms with van der Waals surface area (Å²) in [7, 11) is 0. The minimum atomic E-state index is 0.0677. The van der Waals surface area contributed by atoms with E-state index in [9.17, 15) is 0 Å². The van der Waals surface area contributed by atoms with Crippen LogP contribution in [0.5, 0.6) is 0 Å². The standard InChI is InChI=1S/C44H32O.C2H6/c1-44(2,3)32-24-30-20-22-34-38(29-18-16-28(17-19-29)27-10-5-4-6-11-27)26-39(35-23-21-31(25-32)41(30)42(34)35)37-14-9-13-36-33-12-7-8-15-40(33)45-43(36)37;1-2/h4-26H,1-3H3;1-2H3. The van der Waals surface area contributed by atoms with Crippen LogP contribution >= 0.6 is 0 Å². The molecule has 1 heterocycles. The van der Waals surface area contributed by atoms with Gasteiger partial charge in [-0.05, 0) is 83.2 Å². The van der Waals surface area contributed by atoms with Crippen molar-refractivity contribution in [1.29, 1.82) is 0 Å². The average molecular weight is 607 g/mol. The summed E-state index contributed by atoms with van der Waals surface area (Å²) in [6, 6.07) is 51.0. The molecule has 0 fully saturated rings. The van der Waals surface area contributed by atoms with Crippen LogP contribution in [-0.2, 0) is 5.41 Å². The third kappa shape index (κ3) is 4.69. The molecule has 0 unspecified atom stereocenters. The van der Waals surface area contributed by atoms with Gasteiger partial charge in [-0.15, -0.1) is 0 Å². The Morgan fingerprint density at radius 2 is 1.02 bits per heavy atom. The van der Waals surface area contributed by atoms with Crippen molar-refractivity contribution in [2.75, 3.05) is 0 Å². The smallest absolute Gasteiger partial charge is 0.143 e. The van der Waals surface area contributed by atoms with Gasteiger partial charge in [0.05, 0.1) is 0 Å². The highest BCUT2D eigenvalue weighted by Gasteiger charge is 2.22. The highest BCUT2D eigenvalue weighted by molar-refractivity contribution is 6.29. The Morgan fingerprint density at radius 1 is 0.426 bits per heavy atom. The van der Waals surface area contributed by atoms with Crippen LogP contribution < -0.4 is 0 Å². The lowest BCUT2D eigenvalue weighted by molar-refractivity contribution is 0.591. The highest BCUT2D eigenvalue weighted by atomic mass is 16.3. The van der Waals surface area contributed by atoms with Crippen molar-refractivity contribution in [3.8, 4) is 33.4 Å². The van der Waals surface area contributed by atoms with Crippen molar-refractivity contribution in [3.05, 3.63) is 145 Å². The van der Waals surface area contributed by atoms with Crippen LogP contribution in [0.1, 0.15) is 40.2 Å². The van der Waals surface area contributed by atoms with Crippen molar-refractivity contribution in [2.24, 2.45) is 0 Å². The summed E-state index contributed by atoms with van der Waals surface area (Å²) in [4.78, 5) is 0. The van der Waals surface area contributed by atoms with Gasteiger partial charge in [0, 0.05) is 16.3 Å². The third-order valence-corrected chi connectivity index (χ3v) is 9.58. The fourth-order valence-corrected chi connectivity index (χ4v) is 7.24. The van der Waals surface area contributed by atoms with Crippen LogP contribution in [0, 0.1) is 0 Å². The van der Waals surface area contributed by atoms with E-state index in [1.807, 2.05) is 19.9 Å². The Balaban J connectivity index is 0.00000159. The fourth-order valence-electron chi connectivity index (χ4n) is 7.24. The number of fused-ring (bicyclic) bond motifs is 3. The number of furan rings is 1. The molecule has 0 saturated carbocycles. The molecule has 1 heteroatoms. The molecule has 0 atom stereocenters. The Bertz CT molecular complexity index is 2520. The van der Waals surface area contributed by atoms with Gasteiger partial charge in [0.2, 0.25) is 0 Å². The Hall–Kier alpha value is -5.40. The zero-order valence-electron chi connectivity index (χ0n) is 27.7. The molecule has 0 aliphatic carbocycles. The van der Waals surface area contributed by atoms with Crippen LogP contribution in [0.3, 0.4) is 0 Å². The van der Waals surface area contributed by atoms with E-state index in [4.69, 9.17) is 4.42 Å². The quantitative estimate of drug-likeness (QED) is 0.182. The van der Waals surface area contributed by atoms with Gasteiger partial charge in [0.1, 0.15) is 11.2 Å². The predicted molar refractivity (Wildman–Crippen MR) is 204 cm³/mol. The second-order valence-electron chi connectivity index (χ2n) is 13.3. The summed E-state index contributed by atoms with van der Waals surface area (Å²) in [6.45, 7) is 10.9. The molecule has 0 aliphatic heterocycles. The summed E-state index contributed by atoms with van der Waals surface area (Å²) in [5.41, 5.74) is 10.5. The summed E-state index contributed by atoms with van der Waals surface area (Å²) < 4.78 is 6.59. The monoisotopic (exact) mass is 606 g/mol. The van der Waals surface area contributed by atoms with E-state index < -0.39 is 0 Å². The summed E-state index contributed by atoms with van der Waals surface area (Å²) in [6.07, 6.45) is 0. The average Bonchev–Trinajstić information content (AvgIpc) is 3.50. The number of para-hydroxylation sites is 2. The van der Waals surface area contributed by atoms with E-state index in [0.717, 1.165) is 27.5 Å². The molecule has 9 rings (SSSR count). The van der Waals surface area contributed by atoms with Crippen LogP contribution in [0.25, 0.3) is 87.6 Å². The molecule has 0 amide bonds. The lowest BCUT2D eigenvalue weighted by atomic mass is 9.81. The van der Waals surface area contributed by atoms with Gasteiger partial charge in [-0.2, -0.15) is 0 Å². The lowest BCUT2D eigenvalue weighted by Crippen LogP contribution is -2.10. The first-order chi connectivity index (χ1) is 22.9. The van der Waals surface area contributed by atoms with Gasteiger partial charge in [0.15, 0.2) is 0 Å². The van der Waals surface area contributed by atoms with Gasteiger partial charge in [-0.1, -0.05) is 162 Å². The van der Waals surface area contributed by atoms with Crippen molar-refractivity contribution in [1.82, 2.24) is 0 Å². The molecule has 0 bridgehead atoms. The second-order valence-corrected chi connectivity index (χ2v) is 13.3. The first-order valence-corrected chi connectivity index (χ1v) is 16.8. The van der Waals surface area contributed by atoms with Gasteiger partial charge >= 0.3 is 0 Å². The molecular formula is C46H38O. The molecule has 0 saturated heterocycles.